The van der Waals surface area contributed by atoms with E-state index < -0.39 is 0 Å². The Balaban J connectivity index is 0.000000115. The van der Waals surface area contributed by atoms with Gasteiger partial charge in [-0.1, -0.05) is 48.6 Å². The molecular weight excluding hydrogens is 316 g/mol. The van der Waals surface area contributed by atoms with E-state index in [0.717, 1.165) is 59.4 Å². The number of rotatable bonds is 2. The molecule has 2 fully saturated rings. The quantitative estimate of drug-likeness (QED) is 0.698. The van der Waals surface area contributed by atoms with Crippen LogP contribution in [0.2, 0.25) is 0 Å². The van der Waals surface area contributed by atoms with E-state index >= 15 is 0 Å². The first-order valence-corrected chi connectivity index (χ1v) is 10.6. The highest BCUT2D eigenvalue weighted by atomic mass is 15.1. The number of allylic oxidation sites excluding steroid dienone is 6. The van der Waals surface area contributed by atoms with Gasteiger partial charge in [0.25, 0.3) is 0 Å². The minimum absolute atomic E-state index is 0.793. The molecule has 0 heterocycles. The summed E-state index contributed by atoms with van der Waals surface area (Å²) in [5.41, 5.74) is 0. The van der Waals surface area contributed by atoms with Gasteiger partial charge in [-0.15, -0.1) is 0 Å². The maximum atomic E-state index is 2.46. The molecule has 0 aliphatic heterocycles. The van der Waals surface area contributed by atoms with Crippen molar-refractivity contribution < 1.29 is 0 Å². The van der Waals surface area contributed by atoms with Crippen LogP contribution in [-0.2, 0) is 0 Å². The summed E-state index contributed by atoms with van der Waals surface area (Å²) >= 11 is 0. The molecule has 0 aromatic rings. The summed E-state index contributed by atoms with van der Waals surface area (Å²) in [5, 5.41) is 0. The van der Waals surface area contributed by atoms with E-state index in [4.69, 9.17) is 0 Å². The molecule has 2 nitrogen and oxygen atoms in total. The van der Waals surface area contributed by atoms with Crippen LogP contribution in [0.15, 0.2) is 48.6 Å². The van der Waals surface area contributed by atoms with Crippen molar-refractivity contribution in [3.05, 3.63) is 48.6 Å². The molecule has 10 atom stereocenters. The molecule has 2 heteroatoms. The molecule has 0 aromatic heterocycles. The van der Waals surface area contributed by atoms with Crippen molar-refractivity contribution in [2.24, 2.45) is 47.3 Å². The summed E-state index contributed by atoms with van der Waals surface area (Å²) < 4.78 is 0. The van der Waals surface area contributed by atoms with Gasteiger partial charge in [0.1, 0.15) is 0 Å². The summed E-state index contributed by atoms with van der Waals surface area (Å²) in [5.74, 6) is 6.81. The average molecular weight is 351 g/mol. The lowest BCUT2D eigenvalue weighted by Gasteiger charge is -2.53. The summed E-state index contributed by atoms with van der Waals surface area (Å²) in [6, 6.07) is 1.59. The van der Waals surface area contributed by atoms with E-state index in [1.54, 1.807) is 0 Å². The van der Waals surface area contributed by atoms with Gasteiger partial charge in [-0.05, 0) is 88.4 Å². The highest BCUT2D eigenvalue weighted by Crippen LogP contribution is 2.52. The fourth-order valence-corrected chi connectivity index (χ4v) is 6.64. The molecule has 0 amide bonds. The summed E-state index contributed by atoms with van der Waals surface area (Å²) in [4.78, 5) is 4.81. The second-order valence-corrected chi connectivity index (χ2v) is 9.86. The molecule has 140 valence electrons. The van der Waals surface area contributed by atoms with E-state index in [2.05, 4.69) is 86.6 Å². The highest BCUT2D eigenvalue weighted by Gasteiger charge is 2.48. The molecule has 0 aromatic carbocycles. The second kappa shape index (κ2) is 6.21. The predicted molar refractivity (Wildman–Crippen MR) is 109 cm³/mol. The van der Waals surface area contributed by atoms with Gasteiger partial charge in [0.15, 0.2) is 0 Å². The largest absolute Gasteiger partial charge is 0.306 e. The van der Waals surface area contributed by atoms with Crippen LogP contribution in [0.5, 0.6) is 0 Å². The van der Waals surface area contributed by atoms with Crippen LogP contribution in [0.25, 0.3) is 0 Å². The summed E-state index contributed by atoms with van der Waals surface area (Å²) in [6.07, 6.45) is 22.2. The van der Waals surface area contributed by atoms with Crippen LogP contribution in [0, 0.1) is 47.3 Å². The van der Waals surface area contributed by atoms with Crippen molar-refractivity contribution in [2.45, 2.75) is 24.9 Å². The summed E-state index contributed by atoms with van der Waals surface area (Å²) in [6.45, 7) is 0. The maximum absolute atomic E-state index is 2.46. The van der Waals surface area contributed by atoms with Crippen molar-refractivity contribution in [3.8, 4) is 0 Å². The van der Waals surface area contributed by atoms with E-state index in [1.807, 2.05) is 0 Å². The van der Waals surface area contributed by atoms with Gasteiger partial charge in [0.2, 0.25) is 0 Å². The standard InChI is InChI=1S/2C12H17N/c2*1-13(2)12-7-8-3-4-11(12)10-6-5-9(8)10/h2*3-6,8-12H,7H2,1-2H3. The fourth-order valence-electron chi connectivity index (χ4n) is 6.64. The first kappa shape index (κ1) is 17.0. The topological polar surface area (TPSA) is 6.48 Å². The summed E-state index contributed by atoms with van der Waals surface area (Å²) in [7, 11) is 8.88. The van der Waals surface area contributed by atoms with E-state index in [-0.39, 0.29) is 0 Å². The Kier molecular flexibility index (Phi) is 4.06. The van der Waals surface area contributed by atoms with E-state index in [0.29, 0.717) is 0 Å². The predicted octanol–water partition coefficient (Wildman–Crippen LogP) is 3.85. The Hall–Kier alpha value is -1.12. The molecule has 10 unspecified atom stereocenters. The molecule has 26 heavy (non-hydrogen) atoms. The van der Waals surface area contributed by atoms with Crippen molar-refractivity contribution in [1.82, 2.24) is 9.80 Å². The van der Waals surface area contributed by atoms with Gasteiger partial charge in [-0.3, -0.25) is 0 Å². The number of hydrogen-bond donors (Lipinski definition) is 0. The smallest absolute Gasteiger partial charge is 0.0164 e. The third-order valence-electron chi connectivity index (χ3n) is 8.28. The van der Waals surface area contributed by atoms with Crippen LogP contribution >= 0.6 is 0 Å². The van der Waals surface area contributed by atoms with Crippen LogP contribution in [0.4, 0.5) is 0 Å². The van der Waals surface area contributed by atoms with Gasteiger partial charge in [-0.25, -0.2) is 0 Å². The monoisotopic (exact) mass is 350 g/mol. The molecule has 0 N–H and O–H groups in total. The molecule has 4 bridgehead atoms. The molecule has 0 saturated heterocycles. The van der Waals surface area contributed by atoms with Gasteiger partial charge in [-0.2, -0.15) is 0 Å². The van der Waals surface area contributed by atoms with Crippen LogP contribution in [-0.4, -0.2) is 50.1 Å². The maximum Gasteiger partial charge on any atom is 0.0164 e. The van der Waals surface area contributed by atoms with Crippen LogP contribution < -0.4 is 0 Å². The Morgan fingerprint density at radius 2 is 0.808 bits per heavy atom. The van der Waals surface area contributed by atoms with Gasteiger partial charge < -0.3 is 9.80 Å². The Morgan fingerprint density at radius 3 is 1.08 bits per heavy atom. The third-order valence-corrected chi connectivity index (χ3v) is 8.28. The van der Waals surface area contributed by atoms with Crippen LogP contribution in [0.3, 0.4) is 0 Å². The van der Waals surface area contributed by atoms with Crippen molar-refractivity contribution in [3.63, 3.8) is 0 Å². The minimum atomic E-state index is 0.793. The molecular formula is C24H34N2. The zero-order chi connectivity index (χ0) is 18.0. The lowest BCUT2D eigenvalue weighted by atomic mass is 9.55. The Morgan fingerprint density at radius 1 is 0.462 bits per heavy atom. The molecule has 8 rings (SSSR count). The molecule has 2 saturated carbocycles. The van der Waals surface area contributed by atoms with Crippen molar-refractivity contribution in [1.29, 1.82) is 0 Å². The van der Waals surface area contributed by atoms with Gasteiger partial charge in [0, 0.05) is 12.1 Å². The number of hydrogen-bond acceptors (Lipinski definition) is 2. The lowest BCUT2D eigenvalue weighted by molar-refractivity contribution is 0.0708. The zero-order valence-electron chi connectivity index (χ0n) is 16.7. The molecule has 8 aliphatic carbocycles. The van der Waals surface area contributed by atoms with Gasteiger partial charge >= 0.3 is 0 Å². The molecule has 0 radical (unpaired) electrons. The SMILES string of the molecule is CN(C)C1CC2C=CC1C1C=CC21.CN(C)C1CC2C=CC1C1C=CC21. The Labute approximate surface area is 159 Å². The van der Waals surface area contributed by atoms with Crippen LogP contribution in [0.1, 0.15) is 12.8 Å². The average Bonchev–Trinajstić information content (AvgIpc) is 2.54. The zero-order valence-corrected chi connectivity index (χ0v) is 16.7. The molecule has 8 aliphatic rings. The first-order valence-electron chi connectivity index (χ1n) is 10.6. The first-order chi connectivity index (χ1) is 12.5. The number of nitrogens with zero attached hydrogens (tertiary/aromatic N) is 2. The van der Waals surface area contributed by atoms with E-state index in [1.165, 1.54) is 12.8 Å². The van der Waals surface area contributed by atoms with Crippen molar-refractivity contribution >= 4 is 0 Å². The molecule has 0 spiro atoms. The third kappa shape index (κ3) is 2.45. The fraction of sp³-hybridized carbons (Fsp3) is 0.667. The Bertz CT molecular complexity index is 612. The normalized spacial score (nSPS) is 50.8. The van der Waals surface area contributed by atoms with Gasteiger partial charge in [0.05, 0.1) is 0 Å². The van der Waals surface area contributed by atoms with E-state index in [9.17, 15) is 0 Å². The second-order valence-electron chi connectivity index (χ2n) is 9.86. The highest BCUT2D eigenvalue weighted by molar-refractivity contribution is 5.28. The van der Waals surface area contributed by atoms with Crippen molar-refractivity contribution in [2.75, 3.05) is 28.2 Å². The number of fused-ring (bicyclic) bond motifs is 2. The lowest BCUT2D eigenvalue weighted by Crippen LogP contribution is -2.51. The minimum Gasteiger partial charge on any atom is -0.306 e.